The van der Waals surface area contributed by atoms with Crippen molar-refractivity contribution in [3.8, 4) is 0 Å². The molecule has 200 valence electrons. The van der Waals surface area contributed by atoms with E-state index >= 15 is 0 Å². The zero-order valence-electron chi connectivity index (χ0n) is 20.6. The van der Waals surface area contributed by atoms with Gasteiger partial charge in [0.1, 0.15) is 5.82 Å². The van der Waals surface area contributed by atoms with E-state index in [9.17, 15) is 27.2 Å². The second-order valence-corrected chi connectivity index (χ2v) is 10.6. The summed E-state index contributed by atoms with van der Waals surface area (Å²) in [5.41, 5.74) is -1.48. The Morgan fingerprint density at radius 2 is 1.82 bits per heavy atom. The van der Waals surface area contributed by atoms with Gasteiger partial charge in [-0.3, -0.25) is 14.5 Å². The highest BCUT2D eigenvalue weighted by atomic mass is 79.9. The second kappa shape index (κ2) is 9.71. The maximum absolute atomic E-state index is 13.9. The fourth-order valence-electron chi connectivity index (χ4n) is 5.14. The van der Waals surface area contributed by atoms with Crippen molar-refractivity contribution < 1.29 is 27.2 Å². The predicted molar refractivity (Wildman–Crippen MR) is 140 cm³/mol. The van der Waals surface area contributed by atoms with E-state index in [-0.39, 0.29) is 22.0 Å². The maximum atomic E-state index is 13.9. The second-order valence-electron chi connectivity index (χ2n) is 9.78. The molecular formula is C28H21BrF4N4O2. The van der Waals surface area contributed by atoms with Gasteiger partial charge in [-0.25, -0.2) is 14.4 Å². The van der Waals surface area contributed by atoms with Gasteiger partial charge in [-0.15, -0.1) is 0 Å². The van der Waals surface area contributed by atoms with Gasteiger partial charge in [-0.2, -0.15) is 13.2 Å². The smallest absolute Gasteiger partial charge is 0.322 e. The first-order valence-electron chi connectivity index (χ1n) is 11.9. The molecule has 2 aromatic carbocycles. The lowest BCUT2D eigenvalue weighted by atomic mass is 9.68. The van der Waals surface area contributed by atoms with Crippen molar-refractivity contribution in [2.24, 2.45) is 11.3 Å². The molecule has 1 aromatic heterocycles. The maximum Gasteiger partial charge on any atom is 0.417 e. The molecule has 11 heteroatoms. The minimum Gasteiger partial charge on any atom is -0.322 e. The molecule has 0 bridgehead atoms. The lowest BCUT2D eigenvalue weighted by molar-refractivity contribution is -0.137. The quantitative estimate of drug-likeness (QED) is 0.331. The number of carbonyl (C=O) groups is 2. The third kappa shape index (κ3) is 4.75. The number of halogens is 5. The van der Waals surface area contributed by atoms with E-state index in [1.54, 1.807) is 38.1 Å². The number of carbonyl (C=O) groups excluding carboxylic acids is 2. The van der Waals surface area contributed by atoms with Crippen LogP contribution in [0.2, 0.25) is 0 Å². The molecule has 2 unspecified atom stereocenters. The van der Waals surface area contributed by atoms with Gasteiger partial charge < -0.3 is 5.32 Å². The summed E-state index contributed by atoms with van der Waals surface area (Å²) in [7, 11) is 0. The van der Waals surface area contributed by atoms with Crippen molar-refractivity contribution in [2.75, 3.05) is 10.2 Å². The number of anilines is 2. The van der Waals surface area contributed by atoms with Crippen LogP contribution in [0, 0.1) is 17.2 Å². The van der Waals surface area contributed by atoms with Gasteiger partial charge in [0.05, 0.1) is 21.0 Å². The number of fused-ring (bicyclic) bond motifs is 1. The Balaban J connectivity index is 1.56. The molecule has 2 aliphatic rings. The van der Waals surface area contributed by atoms with E-state index in [0.29, 0.717) is 11.3 Å². The van der Waals surface area contributed by atoms with Crippen LogP contribution in [0.15, 0.2) is 83.3 Å². The van der Waals surface area contributed by atoms with E-state index in [1.807, 2.05) is 0 Å². The lowest BCUT2D eigenvalue weighted by Gasteiger charge is -2.32. The van der Waals surface area contributed by atoms with Crippen LogP contribution in [0.4, 0.5) is 29.2 Å². The van der Waals surface area contributed by atoms with Gasteiger partial charge in [-0.1, -0.05) is 32.1 Å². The molecule has 1 N–H and O–H groups in total. The normalized spacial score (nSPS) is 20.0. The van der Waals surface area contributed by atoms with Gasteiger partial charge in [0.25, 0.3) is 5.91 Å². The molecule has 1 aliphatic heterocycles. The summed E-state index contributed by atoms with van der Waals surface area (Å²) in [6.07, 6.45) is 3.55. The number of aromatic nitrogens is 2. The highest BCUT2D eigenvalue weighted by Crippen LogP contribution is 2.53. The third-order valence-corrected chi connectivity index (χ3v) is 7.57. The first kappa shape index (κ1) is 26.7. The largest absolute Gasteiger partial charge is 0.417 e. The summed E-state index contributed by atoms with van der Waals surface area (Å²) in [4.78, 5) is 36.5. The average molecular weight is 601 g/mol. The highest BCUT2D eigenvalue weighted by Gasteiger charge is 2.55. The van der Waals surface area contributed by atoms with Crippen molar-refractivity contribution in [1.82, 2.24) is 9.97 Å². The Labute approximate surface area is 229 Å². The molecule has 0 radical (unpaired) electrons. The fourth-order valence-corrected chi connectivity index (χ4v) is 5.52. The number of hydrogen-bond donors (Lipinski definition) is 1. The molecule has 2 heterocycles. The average Bonchev–Trinajstić information content (AvgIpc) is 3.11. The summed E-state index contributed by atoms with van der Waals surface area (Å²) >= 11 is 3.01. The zero-order chi connectivity index (χ0) is 28.1. The zero-order valence-corrected chi connectivity index (χ0v) is 22.2. The van der Waals surface area contributed by atoms with Crippen LogP contribution in [0.3, 0.4) is 0 Å². The van der Waals surface area contributed by atoms with E-state index in [2.05, 4.69) is 31.2 Å². The Kier molecular flexibility index (Phi) is 6.66. The molecule has 39 heavy (non-hydrogen) atoms. The molecule has 0 saturated carbocycles. The van der Waals surface area contributed by atoms with Crippen molar-refractivity contribution in [3.63, 3.8) is 0 Å². The Bertz CT molecular complexity index is 1540. The van der Waals surface area contributed by atoms with Crippen molar-refractivity contribution in [3.05, 3.63) is 106 Å². The highest BCUT2D eigenvalue weighted by molar-refractivity contribution is 9.10. The Hall–Kier alpha value is -3.86. The summed E-state index contributed by atoms with van der Waals surface area (Å²) in [6.45, 7) is 3.54. The van der Waals surface area contributed by atoms with Crippen LogP contribution < -0.4 is 10.2 Å². The molecule has 3 aromatic rings. The van der Waals surface area contributed by atoms with Crippen molar-refractivity contribution in [1.29, 1.82) is 0 Å². The molecule has 1 aliphatic carbocycles. The van der Waals surface area contributed by atoms with E-state index in [0.717, 1.165) is 12.1 Å². The number of nitrogens with one attached hydrogen (secondary N) is 1. The standard InChI is InChI=1S/C28H21BrF4N4O2/c1-27(2)23-17(5-3-6-22(23)37(25(27)39)26-34-11-4-12-35-26)15-7-9-19(28(31,32)33)18(13-15)24(38)36-16-8-10-21(30)20(29)14-16/h3-14,17,23H,1-2H3,(H,36,38). The molecule has 2 atom stereocenters. The molecular weight excluding hydrogens is 580 g/mol. The number of rotatable bonds is 4. The summed E-state index contributed by atoms with van der Waals surface area (Å²) in [6, 6.07) is 8.64. The molecule has 6 nitrogen and oxygen atoms in total. The van der Waals surface area contributed by atoms with Crippen molar-refractivity contribution in [2.45, 2.75) is 25.9 Å². The van der Waals surface area contributed by atoms with Gasteiger partial charge in [0.2, 0.25) is 11.9 Å². The van der Waals surface area contributed by atoms with Crippen molar-refractivity contribution >= 4 is 39.4 Å². The summed E-state index contributed by atoms with van der Waals surface area (Å²) in [5, 5.41) is 2.42. The first-order valence-corrected chi connectivity index (χ1v) is 12.7. The number of benzene rings is 2. The van der Waals surface area contributed by atoms with E-state index < -0.39 is 46.3 Å². The molecule has 5 rings (SSSR count). The third-order valence-electron chi connectivity index (χ3n) is 6.96. The monoisotopic (exact) mass is 600 g/mol. The topological polar surface area (TPSA) is 75.2 Å². The van der Waals surface area contributed by atoms with Crippen LogP contribution in [0.5, 0.6) is 0 Å². The molecule has 1 saturated heterocycles. The number of hydrogen-bond acceptors (Lipinski definition) is 4. The van der Waals surface area contributed by atoms with Gasteiger partial charge >= 0.3 is 6.18 Å². The number of allylic oxidation sites excluding steroid dienone is 4. The Morgan fingerprint density at radius 3 is 2.49 bits per heavy atom. The van der Waals surface area contributed by atoms with Crippen LogP contribution >= 0.6 is 15.9 Å². The van der Waals surface area contributed by atoms with Crippen LogP contribution in [-0.2, 0) is 11.0 Å². The van der Waals surface area contributed by atoms with Crippen LogP contribution in [0.25, 0.3) is 0 Å². The van der Waals surface area contributed by atoms with Gasteiger partial charge in [0.15, 0.2) is 0 Å². The molecule has 0 spiro atoms. The summed E-state index contributed by atoms with van der Waals surface area (Å²) < 4.78 is 55.5. The number of nitrogens with zero attached hydrogens (tertiary/aromatic N) is 3. The number of alkyl halides is 3. The van der Waals surface area contributed by atoms with Gasteiger partial charge in [-0.05, 0) is 64.0 Å². The molecule has 2 amide bonds. The predicted octanol–water partition coefficient (Wildman–Crippen LogP) is 6.88. The fraction of sp³-hybridized carbons (Fsp3) is 0.214. The van der Waals surface area contributed by atoms with E-state index in [4.69, 9.17) is 0 Å². The lowest BCUT2D eigenvalue weighted by Crippen LogP contribution is -2.33. The minimum atomic E-state index is -4.80. The number of amides is 2. The minimum absolute atomic E-state index is 0.0526. The summed E-state index contributed by atoms with van der Waals surface area (Å²) in [5.74, 6) is -2.60. The van der Waals surface area contributed by atoms with Crippen LogP contribution in [0.1, 0.15) is 41.3 Å². The molecule has 1 fully saturated rings. The van der Waals surface area contributed by atoms with E-state index in [1.165, 1.54) is 41.6 Å². The van der Waals surface area contributed by atoms with Gasteiger partial charge in [0, 0.05) is 35.6 Å². The van der Waals surface area contributed by atoms with Crippen LogP contribution in [-0.4, -0.2) is 21.8 Å². The Morgan fingerprint density at radius 1 is 1.10 bits per heavy atom. The first-order chi connectivity index (χ1) is 18.4. The SMILES string of the molecule is CC1(C)C(=O)N(c2ncccn2)C2=CC=CC(c3ccc(C(F)(F)F)c(C(=O)Nc4ccc(F)c(Br)c4)c3)C21.